The van der Waals surface area contributed by atoms with Gasteiger partial charge in [-0.25, -0.2) is 8.78 Å². The summed E-state index contributed by atoms with van der Waals surface area (Å²) in [7, 11) is 0. The van der Waals surface area contributed by atoms with E-state index in [9.17, 15) is 18.4 Å². The Morgan fingerprint density at radius 1 is 1.22 bits per heavy atom. The molecule has 0 radical (unpaired) electrons. The molecule has 2 aromatic rings. The highest BCUT2D eigenvalue weighted by Crippen LogP contribution is 2.23. The van der Waals surface area contributed by atoms with Crippen molar-refractivity contribution in [2.24, 2.45) is 5.92 Å². The summed E-state index contributed by atoms with van der Waals surface area (Å²) in [6.07, 6.45) is 1.10. The lowest BCUT2D eigenvalue weighted by Gasteiger charge is -2.34. The van der Waals surface area contributed by atoms with E-state index >= 15 is 0 Å². The summed E-state index contributed by atoms with van der Waals surface area (Å²) in [5, 5.41) is 1.99. The normalized spacial score (nSPS) is 15.0. The van der Waals surface area contributed by atoms with E-state index in [-0.39, 0.29) is 17.4 Å². The van der Waals surface area contributed by atoms with Gasteiger partial charge in [0.15, 0.2) is 0 Å². The molecule has 0 bridgehead atoms. The van der Waals surface area contributed by atoms with Crippen molar-refractivity contribution in [3.8, 4) is 0 Å². The van der Waals surface area contributed by atoms with Crippen LogP contribution in [0.4, 0.5) is 8.78 Å². The summed E-state index contributed by atoms with van der Waals surface area (Å²) in [6, 6.07) is 6.95. The summed E-state index contributed by atoms with van der Waals surface area (Å²) in [5.41, 5.74) is -0.131. The Balaban J connectivity index is 1.59. The first-order chi connectivity index (χ1) is 13.0. The molecule has 7 heteroatoms. The van der Waals surface area contributed by atoms with E-state index in [1.54, 1.807) is 11.3 Å². The molecule has 1 aromatic carbocycles. The van der Waals surface area contributed by atoms with Gasteiger partial charge in [0, 0.05) is 36.5 Å². The lowest BCUT2D eigenvalue weighted by atomic mass is 9.94. The van der Waals surface area contributed by atoms with Gasteiger partial charge in [-0.15, -0.1) is 11.3 Å². The van der Waals surface area contributed by atoms with Crippen LogP contribution in [-0.2, 0) is 11.3 Å². The standard InChI is InChI=1S/C20H22F2N2O2S/c1-2-23(13-16-4-3-11-27-16)19(25)14-7-9-24(10-8-14)20(26)17-6-5-15(21)12-18(17)22/h3-6,11-12,14H,2,7-10,13H2,1H3. The van der Waals surface area contributed by atoms with Crippen LogP contribution < -0.4 is 0 Å². The monoisotopic (exact) mass is 392 g/mol. The topological polar surface area (TPSA) is 40.6 Å². The molecule has 144 valence electrons. The van der Waals surface area contributed by atoms with Gasteiger partial charge >= 0.3 is 0 Å². The lowest BCUT2D eigenvalue weighted by Crippen LogP contribution is -2.44. The van der Waals surface area contributed by atoms with E-state index in [1.807, 2.05) is 29.3 Å². The molecule has 1 aromatic heterocycles. The Hall–Kier alpha value is -2.28. The van der Waals surface area contributed by atoms with E-state index in [4.69, 9.17) is 0 Å². The van der Waals surface area contributed by atoms with E-state index < -0.39 is 17.5 Å². The smallest absolute Gasteiger partial charge is 0.256 e. The first-order valence-electron chi connectivity index (χ1n) is 9.05. The highest BCUT2D eigenvalue weighted by Gasteiger charge is 2.31. The number of benzene rings is 1. The fraction of sp³-hybridized carbons (Fsp3) is 0.400. The van der Waals surface area contributed by atoms with E-state index in [0.29, 0.717) is 45.1 Å². The lowest BCUT2D eigenvalue weighted by molar-refractivity contribution is -0.137. The molecule has 4 nitrogen and oxygen atoms in total. The number of hydrogen-bond donors (Lipinski definition) is 0. The molecule has 1 aliphatic heterocycles. The second-order valence-electron chi connectivity index (χ2n) is 6.62. The molecule has 0 aliphatic carbocycles. The molecule has 1 aliphatic rings. The van der Waals surface area contributed by atoms with Gasteiger partial charge < -0.3 is 9.80 Å². The van der Waals surface area contributed by atoms with Crippen LogP contribution in [0.15, 0.2) is 35.7 Å². The number of amides is 2. The van der Waals surface area contributed by atoms with Gasteiger partial charge in [-0.05, 0) is 43.3 Å². The van der Waals surface area contributed by atoms with E-state index in [1.165, 1.54) is 11.0 Å². The first kappa shape index (κ1) is 19.5. The first-order valence-corrected chi connectivity index (χ1v) is 9.93. The second kappa shape index (κ2) is 8.61. The number of carbonyl (C=O) groups excluding carboxylic acids is 2. The number of hydrogen-bond acceptors (Lipinski definition) is 3. The average molecular weight is 392 g/mol. The number of carbonyl (C=O) groups is 2. The van der Waals surface area contributed by atoms with Gasteiger partial charge in [0.2, 0.25) is 5.91 Å². The molecule has 2 amide bonds. The number of thiophene rings is 1. The number of halogens is 2. The quantitative estimate of drug-likeness (QED) is 0.774. The van der Waals surface area contributed by atoms with Crippen molar-refractivity contribution in [1.29, 1.82) is 0 Å². The van der Waals surface area contributed by atoms with Crippen LogP contribution in [0.25, 0.3) is 0 Å². The Labute approximate surface area is 161 Å². The van der Waals surface area contributed by atoms with E-state index in [0.717, 1.165) is 10.9 Å². The zero-order valence-corrected chi connectivity index (χ0v) is 16.0. The van der Waals surface area contributed by atoms with Crippen molar-refractivity contribution >= 4 is 23.2 Å². The minimum Gasteiger partial charge on any atom is -0.339 e. The van der Waals surface area contributed by atoms with Crippen molar-refractivity contribution < 1.29 is 18.4 Å². The molecular weight excluding hydrogens is 370 g/mol. The molecule has 2 heterocycles. The van der Waals surface area contributed by atoms with Gasteiger partial charge in [0.1, 0.15) is 11.6 Å². The maximum atomic E-state index is 13.8. The molecule has 3 rings (SSSR count). The summed E-state index contributed by atoms with van der Waals surface area (Å²) in [6.45, 7) is 3.98. The third-order valence-electron chi connectivity index (χ3n) is 4.91. The Kier molecular flexibility index (Phi) is 6.21. The van der Waals surface area contributed by atoms with Crippen molar-refractivity contribution in [1.82, 2.24) is 9.80 Å². The molecule has 1 fully saturated rings. The highest BCUT2D eigenvalue weighted by atomic mass is 32.1. The Bertz CT molecular complexity index is 802. The zero-order chi connectivity index (χ0) is 19.4. The van der Waals surface area contributed by atoms with Crippen LogP contribution in [0, 0.1) is 17.6 Å². The van der Waals surface area contributed by atoms with Gasteiger partial charge in [-0.1, -0.05) is 6.07 Å². The predicted octanol–water partition coefficient (Wildman–Crippen LogP) is 3.93. The van der Waals surface area contributed by atoms with Crippen LogP contribution in [0.3, 0.4) is 0 Å². The predicted molar refractivity (Wildman–Crippen MR) is 100 cm³/mol. The van der Waals surface area contributed by atoms with Gasteiger partial charge in [-0.3, -0.25) is 9.59 Å². The van der Waals surface area contributed by atoms with Crippen LogP contribution in [-0.4, -0.2) is 41.2 Å². The summed E-state index contributed by atoms with van der Waals surface area (Å²) in [5.74, 6) is -2.05. The van der Waals surface area contributed by atoms with Gasteiger partial charge in [0.05, 0.1) is 12.1 Å². The maximum Gasteiger partial charge on any atom is 0.256 e. The summed E-state index contributed by atoms with van der Waals surface area (Å²) in [4.78, 5) is 29.8. The zero-order valence-electron chi connectivity index (χ0n) is 15.2. The maximum absolute atomic E-state index is 13.8. The summed E-state index contributed by atoms with van der Waals surface area (Å²) >= 11 is 1.63. The molecule has 0 atom stereocenters. The van der Waals surface area contributed by atoms with E-state index in [2.05, 4.69) is 0 Å². The molecule has 0 unspecified atom stereocenters. The second-order valence-corrected chi connectivity index (χ2v) is 7.65. The number of piperidine rings is 1. The fourth-order valence-corrected chi connectivity index (χ4v) is 4.08. The summed E-state index contributed by atoms with van der Waals surface area (Å²) < 4.78 is 26.9. The fourth-order valence-electron chi connectivity index (χ4n) is 3.36. The van der Waals surface area contributed by atoms with Crippen molar-refractivity contribution in [2.75, 3.05) is 19.6 Å². The molecule has 0 spiro atoms. The number of nitrogens with zero attached hydrogens (tertiary/aromatic N) is 2. The Morgan fingerprint density at radius 2 is 1.96 bits per heavy atom. The van der Waals surface area contributed by atoms with Gasteiger partial charge in [-0.2, -0.15) is 0 Å². The minimum absolute atomic E-state index is 0.103. The largest absolute Gasteiger partial charge is 0.339 e. The molecule has 0 saturated carbocycles. The molecule has 27 heavy (non-hydrogen) atoms. The number of likely N-dealkylation sites (tertiary alicyclic amines) is 1. The third-order valence-corrected chi connectivity index (χ3v) is 5.77. The van der Waals surface area contributed by atoms with Crippen LogP contribution in [0.2, 0.25) is 0 Å². The van der Waals surface area contributed by atoms with Crippen LogP contribution in [0.1, 0.15) is 35.0 Å². The molecular formula is C20H22F2N2O2S. The SMILES string of the molecule is CCN(Cc1cccs1)C(=O)C1CCN(C(=O)c2ccc(F)cc2F)CC1. The van der Waals surface area contributed by atoms with Gasteiger partial charge in [0.25, 0.3) is 5.91 Å². The van der Waals surface area contributed by atoms with Crippen molar-refractivity contribution in [3.63, 3.8) is 0 Å². The van der Waals surface area contributed by atoms with Crippen LogP contribution in [0.5, 0.6) is 0 Å². The molecule has 0 N–H and O–H groups in total. The number of rotatable bonds is 5. The van der Waals surface area contributed by atoms with Crippen LogP contribution >= 0.6 is 11.3 Å². The average Bonchev–Trinajstić information content (AvgIpc) is 3.18. The van der Waals surface area contributed by atoms with Crippen molar-refractivity contribution in [2.45, 2.75) is 26.3 Å². The third kappa shape index (κ3) is 4.53. The molecule has 1 saturated heterocycles. The Morgan fingerprint density at radius 3 is 2.56 bits per heavy atom. The minimum atomic E-state index is -0.855. The highest BCUT2D eigenvalue weighted by molar-refractivity contribution is 7.09. The van der Waals surface area contributed by atoms with Crippen molar-refractivity contribution in [3.05, 3.63) is 57.8 Å².